The standard InChI is InChI=1S/C23H36N2O4/c1-5-15-11-21-23(2,3)12-16(15)10-18(24)22(27)25-17(13-26)8-14-6-7-19(28-4)20(9-14)29-21/h6-7,9,15-18,21,26H,5,8,10-13,24H2,1-4H3,(H,25,27). The molecule has 2 heterocycles. The summed E-state index contributed by atoms with van der Waals surface area (Å²) in [4.78, 5) is 12.7. The van der Waals surface area contributed by atoms with E-state index in [4.69, 9.17) is 15.2 Å². The highest BCUT2D eigenvalue weighted by Gasteiger charge is 2.44. The number of nitrogens with two attached hydrogens (primary N) is 1. The Kier molecular flexibility index (Phi) is 6.74. The van der Waals surface area contributed by atoms with E-state index in [9.17, 15) is 9.90 Å². The summed E-state index contributed by atoms with van der Waals surface area (Å²) in [6, 6.07) is 4.87. The molecule has 2 aliphatic heterocycles. The first-order valence-electron chi connectivity index (χ1n) is 10.8. The third-order valence-electron chi connectivity index (χ3n) is 6.81. The SMILES string of the molecule is CCC1CC2Oc3cc(ccc3OC)CC(CO)NC(=O)C(N)CC1CC2(C)C. The highest BCUT2D eigenvalue weighted by atomic mass is 16.5. The summed E-state index contributed by atoms with van der Waals surface area (Å²) in [5.41, 5.74) is 7.23. The molecule has 5 unspecified atom stereocenters. The molecule has 6 nitrogen and oxygen atoms in total. The lowest BCUT2D eigenvalue weighted by Gasteiger charge is -2.47. The van der Waals surface area contributed by atoms with Gasteiger partial charge in [-0.3, -0.25) is 4.79 Å². The van der Waals surface area contributed by atoms with Gasteiger partial charge in [-0.05, 0) is 55.2 Å². The van der Waals surface area contributed by atoms with E-state index in [1.165, 1.54) is 0 Å². The highest BCUT2D eigenvalue weighted by Crippen LogP contribution is 2.47. The van der Waals surface area contributed by atoms with Gasteiger partial charge in [0.15, 0.2) is 11.5 Å². The number of nitrogens with one attached hydrogen (secondary N) is 1. The van der Waals surface area contributed by atoms with Crippen molar-refractivity contribution in [2.45, 2.75) is 71.1 Å². The van der Waals surface area contributed by atoms with Crippen molar-refractivity contribution in [3.8, 4) is 11.5 Å². The van der Waals surface area contributed by atoms with Gasteiger partial charge in [0.25, 0.3) is 0 Å². The average Bonchev–Trinajstić information content (AvgIpc) is 2.68. The fraction of sp³-hybridized carbons (Fsp3) is 0.696. The quantitative estimate of drug-likeness (QED) is 0.720. The van der Waals surface area contributed by atoms with Crippen molar-refractivity contribution >= 4 is 5.91 Å². The Hall–Kier alpha value is -1.79. The molecule has 0 spiro atoms. The lowest BCUT2D eigenvalue weighted by Crippen LogP contribution is -2.50. The minimum Gasteiger partial charge on any atom is -0.493 e. The molecule has 1 fully saturated rings. The Morgan fingerprint density at radius 3 is 2.76 bits per heavy atom. The zero-order valence-corrected chi connectivity index (χ0v) is 18.1. The summed E-state index contributed by atoms with van der Waals surface area (Å²) in [6.45, 7) is 6.54. The van der Waals surface area contributed by atoms with Crippen molar-refractivity contribution in [3.05, 3.63) is 23.8 Å². The molecule has 3 aliphatic rings. The fourth-order valence-electron chi connectivity index (χ4n) is 5.02. The number of fused-ring (bicyclic) bond motifs is 7. The van der Waals surface area contributed by atoms with Crippen molar-refractivity contribution in [2.24, 2.45) is 23.0 Å². The maximum Gasteiger partial charge on any atom is 0.237 e. The van der Waals surface area contributed by atoms with Gasteiger partial charge in [0.05, 0.1) is 25.8 Å². The van der Waals surface area contributed by atoms with Crippen LogP contribution in [0.4, 0.5) is 0 Å². The monoisotopic (exact) mass is 404 g/mol. The van der Waals surface area contributed by atoms with E-state index >= 15 is 0 Å². The molecule has 1 amide bonds. The van der Waals surface area contributed by atoms with Crippen molar-refractivity contribution < 1.29 is 19.4 Å². The van der Waals surface area contributed by atoms with E-state index < -0.39 is 6.04 Å². The lowest BCUT2D eigenvalue weighted by atomic mass is 9.63. The minimum atomic E-state index is -0.564. The first-order chi connectivity index (χ1) is 13.8. The van der Waals surface area contributed by atoms with Gasteiger partial charge in [0.1, 0.15) is 6.10 Å². The Balaban J connectivity index is 2.02. The van der Waals surface area contributed by atoms with E-state index in [0.717, 1.165) is 30.6 Å². The lowest BCUT2D eigenvalue weighted by molar-refractivity contribution is -0.124. The van der Waals surface area contributed by atoms with Crippen LogP contribution in [-0.4, -0.2) is 42.9 Å². The second kappa shape index (κ2) is 8.92. The number of amides is 1. The number of methoxy groups -OCH3 is 1. The summed E-state index contributed by atoms with van der Waals surface area (Å²) in [5, 5.41) is 12.7. The number of carbonyl (C=O) groups is 1. The second-order valence-electron chi connectivity index (χ2n) is 9.38. The molecule has 0 aromatic heterocycles. The van der Waals surface area contributed by atoms with Gasteiger partial charge in [-0.15, -0.1) is 0 Å². The highest BCUT2D eigenvalue weighted by molar-refractivity contribution is 5.81. The zero-order chi connectivity index (χ0) is 21.2. The summed E-state index contributed by atoms with van der Waals surface area (Å²) >= 11 is 0. The molecule has 162 valence electrons. The predicted octanol–water partition coefficient (Wildman–Crippen LogP) is 2.66. The smallest absolute Gasteiger partial charge is 0.237 e. The fourth-order valence-corrected chi connectivity index (χ4v) is 5.02. The third kappa shape index (κ3) is 4.86. The summed E-state index contributed by atoms with van der Waals surface area (Å²) in [7, 11) is 1.65. The van der Waals surface area contributed by atoms with Gasteiger partial charge in [-0.1, -0.05) is 33.3 Å². The molecule has 1 aromatic rings. The minimum absolute atomic E-state index is 0.0364. The Morgan fingerprint density at radius 2 is 2.10 bits per heavy atom. The van der Waals surface area contributed by atoms with Crippen molar-refractivity contribution in [1.82, 2.24) is 5.32 Å². The molecule has 0 saturated heterocycles. The molecular weight excluding hydrogens is 368 g/mol. The average molecular weight is 405 g/mol. The number of benzene rings is 1. The molecule has 6 heteroatoms. The van der Waals surface area contributed by atoms with Crippen LogP contribution < -0.4 is 20.5 Å². The van der Waals surface area contributed by atoms with Crippen LogP contribution in [0.3, 0.4) is 0 Å². The Labute approximate surface area is 174 Å². The normalized spacial score (nSPS) is 32.1. The van der Waals surface area contributed by atoms with E-state index in [1.54, 1.807) is 7.11 Å². The van der Waals surface area contributed by atoms with Gasteiger partial charge < -0.3 is 25.6 Å². The van der Waals surface area contributed by atoms with Crippen LogP contribution >= 0.6 is 0 Å². The number of carbonyl (C=O) groups excluding carboxylic acids is 1. The molecule has 0 radical (unpaired) electrons. The van der Waals surface area contributed by atoms with Crippen molar-refractivity contribution in [3.63, 3.8) is 0 Å². The largest absolute Gasteiger partial charge is 0.493 e. The van der Waals surface area contributed by atoms with Gasteiger partial charge >= 0.3 is 0 Å². The van der Waals surface area contributed by atoms with Gasteiger partial charge in [0, 0.05) is 5.41 Å². The first kappa shape index (κ1) is 21.9. The maximum atomic E-state index is 12.7. The summed E-state index contributed by atoms with van der Waals surface area (Å²) in [6.07, 6.45) is 4.16. The number of hydrogen-bond acceptors (Lipinski definition) is 5. The van der Waals surface area contributed by atoms with Gasteiger partial charge in [-0.25, -0.2) is 0 Å². The molecule has 4 bridgehead atoms. The van der Waals surface area contributed by atoms with Gasteiger partial charge in [0.2, 0.25) is 5.91 Å². The summed E-state index contributed by atoms with van der Waals surface area (Å²) < 4.78 is 12.1. The molecule has 1 saturated carbocycles. The number of aliphatic hydroxyl groups is 1. The predicted molar refractivity (Wildman–Crippen MR) is 113 cm³/mol. The van der Waals surface area contributed by atoms with Gasteiger partial charge in [-0.2, -0.15) is 0 Å². The Morgan fingerprint density at radius 1 is 1.34 bits per heavy atom. The number of hydrogen-bond donors (Lipinski definition) is 3. The van der Waals surface area contributed by atoms with E-state index in [2.05, 4.69) is 26.1 Å². The van der Waals surface area contributed by atoms with E-state index in [1.807, 2.05) is 18.2 Å². The van der Waals surface area contributed by atoms with Crippen LogP contribution in [0.25, 0.3) is 0 Å². The van der Waals surface area contributed by atoms with Crippen molar-refractivity contribution in [2.75, 3.05) is 13.7 Å². The number of ether oxygens (including phenoxy) is 2. The van der Waals surface area contributed by atoms with Crippen LogP contribution in [0.15, 0.2) is 18.2 Å². The molecule has 5 atom stereocenters. The molecule has 29 heavy (non-hydrogen) atoms. The maximum absolute atomic E-state index is 12.7. The molecule has 1 aromatic carbocycles. The van der Waals surface area contributed by atoms with E-state index in [0.29, 0.717) is 30.4 Å². The van der Waals surface area contributed by atoms with E-state index in [-0.39, 0.29) is 30.1 Å². The molecular formula is C23H36N2O4. The van der Waals surface area contributed by atoms with Crippen molar-refractivity contribution in [1.29, 1.82) is 0 Å². The zero-order valence-electron chi connectivity index (χ0n) is 18.1. The van der Waals surface area contributed by atoms with Crippen LogP contribution in [-0.2, 0) is 11.2 Å². The topological polar surface area (TPSA) is 93.8 Å². The molecule has 4 rings (SSSR count). The first-order valence-corrected chi connectivity index (χ1v) is 10.8. The third-order valence-corrected chi connectivity index (χ3v) is 6.81. The number of rotatable bonds is 3. The number of aliphatic hydroxyl groups excluding tert-OH is 1. The van der Waals surface area contributed by atoms with Crippen LogP contribution in [0, 0.1) is 17.3 Å². The Bertz CT molecular complexity index is 721. The van der Waals surface area contributed by atoms with Crippen LogP contribution in [0.2, 0.25) is 0 Å². The molecule has 4 N–H and O–H groups in total. The molecule has 1 aliphatic carbocycles. The van der Waals surface area contributed by atoms with Crippen LogP contribution in [0.5, 0.6) is 11.5 Å². The second-order valence-corrected chi connectivity index (χ2v) is 9.38. The summed E-state index contributed by atoms with van der Waals surface area (Å²) in [5.74, 6) is 2.09. The van der Waals surface area contributed by atoms with Crippen LogP contribution in [0.1, 0.15) is 52.0 Å².